The monoisotopic (exact) mass is 253 g/mol. The molecule has 2 rings (SSSR count). The maximum atomic E-state index is 5.98. The Bertz CT molecular complexity index is 226. The zero-order chi connectivity index (χ0) is 12.8. The van der Waals surface area contributed by atoms with E-state index in [-0.39, 0.29) is 0 Å². The maximum Gasteiger partial charge on any atom is 0.0235 e. The third kappa shape index (κ3) is 3.69. The molecule has 3 heteroatoms. The molecule has 0 amide bonds. The Hall–Kier alpha value is -0.120. The Morgan fingerprint density at radius 2 is 1.94 bits per heavy atom. The Balaban J connectivity index is 1.74. The van der Waals surface area contributed by atoms with Crippen molar-refractivity contribution in [2.24, 2.45) is 5.73 Å². The van der Waals surface area contributed by atoms with E-state index in [0.29, 0.717) is 6.04 Å². The number of rotatable bonds is 7. The highest BCUT2D eigenvalue weighted by Crippen LogP contribution is 2.23. The molecule has 2 unspecified atom stereocenters. The van der Waals surface area contributed by atoms with E-state index in [4.69, 9.17) is 5.73 Å². The Morgan fingerprint density at radius 3 is 2.61 bits per heavy atom. The van der Waals surface area contributed by atoms with E-state index >= 15 is 0 Å². The van der Waals surface area contributed by atoms with E-state index in [1.807, 2.05) is 0 Å². The molecule has 2 aliphatic rings. The van der Waals surface area contributed by atoms with Crippen molar-refractivity contribution in [3.05, 3.63) is 0 Å². The lowest BCUT2D eigenvalue weighted by molar-refractivity contribution is 0.193. The van der Waals surface area contributed by atoms with E-state index in [0.717, 1.165) is 12.6 Å². The molecule has 106 valence electrons. The van der Waals surface area contributed by atoms with Crippen LogP contribution < -0.4 is 5.73 Å². The van der Waals surface area contributed by atoms with Gasteiger partial charge in [0.1, 0.15) is 0 Å². The van der Waals surface area contributed by atoms with Crippen molar-refractivity contribution in [1.82, 2.24) is 9.80 Å². The smallest absolute Gasteiger partial charge is 0.0235 e. The molecule has 2 fully saturated rings. The number of hydrogen-bond acceptors (Lipinski definition) is 3. The quantitative estimate of drug-likeness (QED) is 0.705. The lowest BCUT2D eigenvalue weighted by Gasteiger charge is -2.28. The van der Waals surface area contributed by atoms with Crippen LogP contribution in [0.5, 0.6) is 0 Å². The largest absolute Gasteiger partial charge is 0.329 e. The van der Waals surface area contributed by atoms with Crippen LogP contribution in [-0.2, 0) is 0 Å². The molecule has 3 nitrogen and oxygen atoms in total. The number of likely N-dealkylation sites (tertiary alicyclic amines) is 2. The van der Waals surface area contributed by atoms with Gasteiger partial charge < -0.3 is 5.73 Å². The van der Waals surface area contributed by atoms with Crippen LogP contribution in [0.3, 0.4) is 0 Å². The molecular weight excluding hydrogens is 222 g/mol. The third-order valence-electron chi connectivity index (χ3n) is 4.78. The minimum absolute atomic E-state index is 0.643. The normalized spacial score (nSPS) is 28.0. The summed E-state index contributed by atoms with van der Waals surface area (Å²) in [5.74, 6) is 0. The van der Waals surface area contributed by atoms with Gasteiger partial charge in [-0.3, -0.25) is 9.80 Å². The van der Waals surface area contributed by atoms with Crippen molar-refractivity contribution in [2.75, 3.05) is 32.7 Å². The average molecular weight is 253 g/mol. The van der Waals surface area contributed by atoms with E-state index in [2.05, 4.69) is 16.7 Å². The molecule has 0 spiro atoms. The van der Waals surface area contributed by atoms with Gasteiger partial charge in [-0.1, -0.05) is 26.2 Å². The number of hydrogen-bond donors (Lipinski definition) is 1. The van der Waals surface area contributed by atoms with Crippen molar-refractivity contribution >= 4 is 0 Å². The summed E-state index contributed by atoms with van der Waals surface area (Å²) >= 11 is 0. The zero-order valence-corrected chi connectivity index (χ0v) is 12.1. The lowest BCUT2D eigenvalue weighted by Crippen LogP contribution is -2.42. The van der Waals surface area contributed by atoms with Crippen LogP contribution in [0.1, 0.15) is 51.9 Å². The van der Waals surface area contributed by atoms with Crippen LogP contribution in [-0.4, -0.2) is 54.6 Å². The standard InChI is InChI=1S/C15H31N3/c1-2-3-4-7-14(12-16)18-11-8-15(13-18)17-9-5-6-10-17/h14-15H,2-13,16H2,1H3. The highest BCUT2D eigenvalue weighted by molar-refractivity contribution is 4.88. The van der Waals surface area contributed by atoms with E-state index in [1.165, 1.54) is 71.1 Å². The van der Waals surface area contributed by atoms with Gasteiger partial charge in [-0.25, -0.2) is 0 Å². The van der Waals surface area contributed by atoms with E-state index < -0.39 is 0 Å². The van der Waals surface area contributed by atoms with Gasteiger partial charge in [0.05, 0.1) is 0 Å². The molecule has 0 bridgehead atoms. The van der Waals surface area contributed by atoms with Crippen LogP contribution in [0, 0.1) is 0 Å². The molecule has 2 saturated heterocycles. The van der Waals surface area contributed by atoms with E-state index in [1.54, 1.807) is 0 Å². The summed E-state index contributed by atoms with van der Waals surface area (Å²) < 4.78 is 0. The summed E-state index contributed by atoms with van der Waals surface area (Å²) in [4.78, 5) is 5.37. The maximum absolute atomic E-state index is 5.98. The summed E-state index contributed by atoms with van der Waals surface area (Å²) in [7, 11) is 0. The molecule has 0 aromatic rings. The summed E-state index contributed by atoms with van der Waals surface area (Å²) in [5.41, 5.74) is 5.98. The predicted molar refractivity (Wildman–Crippen MR) is 77.8 cm³/mol. The molecular formula is C15H31N3. The van der Waals surface area contributed by atoms with Crippen LogP contribution >= 0.6 is 0 Å². The van der Waals surface area contributed by atoms with Gasteiger partial charge in [0.25, 0.3) is 0 Å². The second-order valence-corrected chi connectivity index (χ2v) is 6.07. The fourth-order valence-corrected chi connectivity index (χ4v) is 3.58. The fraction of sp³-hybridized carbons (Fsp3) is 1.00. The average Bonchev–Trinajstić information content (AvgIpc) is 3.04. The summed E-state index contributed by atoms with van der Waals surface area (Å²) in [6.45, 7) is 8.33. The first-order chi connectivity index (χ1) is 8.85. The highest BCUT2D eigenvalue weighted by atomic mass is 15.3. The molecule has 2 aliphatic heterocycles. The first-order valence-corrected chi connectivity index (χ1v) is 8.03. The van der Waals surface area contributed by atoms with Crippen molar-refractivity contribution in [3.8, 4) is 0 Å². The summed E-state index contributed by atoms with van der Waals surface area (Å²) in [6.07, 6.45) is 9.51. The van der Waals surface area contributed by atoms with Gasteiger partial charge in [0.15, 0.2) is 0 Å². The van der Waals surface area contributed by atoms with Crippen molar-refractivity contribution in [1.29, 1.82) is 0 Å². The Morgan fingerprint density at radius 1 is 1.17 bits per heavy atom. The van der Waals surface area contributed by atoms with Gasteiger partial charge in [0.2, 0.25) is 0 Å². The van der Waals surface area contributed by atoms with Crippen LogP contribution in [0.4, 0.5) is 0 Å². The van der Waals surface area contributed by atoms with Crippen LogP contribution in [0.15, 0.2) is 0 Å². The van der Waals surface area contributed by atoms with Crippen molar-refractivity contribution < 1.29 is 0 Å². The van der Waals surface area contributed by atoms with Gasteiger partial charge in [-0.05, 0) is 38.8 Å². The van der Waals surface area contributed by atoms with Gasteiger partial charge in [0, 0.05) is 31.7 Å². The molecule has 18 heavy (non-hydrogen) atoms. The Labute approximate surface area is 113 Å². The third-order valence-corrected chi connectivity index (χ3v) is 4.78. The molecule has 0 radical (unpaired) electrons. The predicted octanol–water partition coefficient (Wildman–Crippen LogP) is 2.06. The van der Waals surface area contributed by atoms with Gasteiger partial charge in [-0.15, -0.1) is 0 Å². The first kappa shape index (κ1) is 14.3. The van der Waals surface area contributed by atoms with E-state index in [9.17, 15) is 0 Å². The van der Waals surface area contributed by atoms with Crippen molar-refractivity contribution in [2.45, 2.75) is 64.0 Å². The molecule has 0 aromatic heterocycles. The Kier molecular flexibility index (Phi) is 5.93. The van der Waals surface area contributed by atoms with Gasteiger partial charge in [-0.2, -0.15) is 0 Å². The number of nitrogens with two attached hydrogens (primary N) is 1. The SMILES string of the molecule is CCCCCC(CN)N1CCC(N2CCCC2)C1. The highest BCUT2D eigenvalue weighted by Gasteiger charge is 2.31. The minimum atomic E-state index is 0.643. The topological polar surface area (TPSA) is 32.5 Å². The lowest BCUT2D eigenvalue weighted by atomic mass is 10.1. The molecule has 2 atom stereocenters. The summed E-state index contributed by atoms with van der Waals surface area (Å²) in [6, 6.07) is 1.47. The second kappa shape index (κ2) is 7.46. The molecule has 0 aromatic carbocycles. The number of nitrogens with zero attached hydrogens (tertiary/aromatic N) is 2. The van der Waals surface area contributed by atoms with Crippen LogP contribution in [0.25, 0.3) is 0 Å². The van der Waals surface area contributed by atoms with Crippen LogP contribution in [0.2, 0.25) is 0 Å². The van der Waals surface area contributed by atoms with Crippen molar-refractivity contribution in [3.63, 3.8) is 0 Å². The first-order valence-electron chi connectivity index (χ1n) is 8.03. The zero-order valence-electron chi connectivity index (χ0n) is 12.1. The molecule has 2 heterocycles. The van der Waals surface area contributed by atoms with Gasteiger partial charge >= 0.3 is 0 Å². The second-order valence-electron chi connectivity index (χ2n) is 6.07. The summed E-state index contributed by atoms with van der Waals surface area (Å²) in [5, 5.41) is 0. The molecule has 0 aliphatic carbocycles. The molecule has 2 N–H and O–H groups in total. The number of unbranched alkanes of at least 4 members (excludes halogenated alkanes) is 2. The fourth-order valence-electron chi connectivity index (χ4n) is 3.58. The molecule has 0 saturated carbocycles. The minimum Gasteiger partial charge on any atom is -0.329 e.